The van der Waals surface area contributed by atoms with Crippen LogP contribution in [0.3, 0.4) is 0 Å². The Bertz CT molecular complexity index is 780. The van der Waals surface area contributed by atoms with E-state index in [9.17, 15) is 14.9 Å². The summed E-state index contributed by atoms with van der Waals surface area (Å²) >= 11 is 1.38. The molecule has 136 valence electrons. The summed E-state index contributed by atoms with van der Waals surface area (Å²) in [6.07, 6.45) is 1.03. The summed E-state index contributed by atoms with van der Waals surface area (Å²) in [6, 6.07) is 9.72. The number of fused-ring (bicyclic) bond motifs is 1. The minimum absolute atomic E-state index is 0.0538. The molecule has 0 aromatic heterocycles. The molecule has 0 amide bonds. The molecule has 0 bridgehead atoms. The maximum atomic E-state index is 12.4. The first-order valence-electron chi connectivity index (χ1n) is 8.13. The molecule has 0 aliphatic carbocycles. The van der Waals surface area contributed by atoms with Crippen LogP contribution < -0.4 is 4.90 Å². The monoisotopic (exact) mass is 372 g/mol. The van der Waals surface area contributed by atoms with Gasteiger partial charge in [0.05, 0.1) is 5.69 Å². The van der Waals surface area contributed by atoms with Crippen LogP contribution in [0.15, 0.2) is 52.4 Å². The van der Waals surface area contributed by atoms with E-state index in [0.717, 1.165) is 16.7 Å². The number of hydrogen-bond donors (Lipinski definition) is 0. The minimum atomic E-state index is -0.730. The molecule has 1 aromatic rings. The van der Waals surface area contributed by atoms with Crippen LogP contribution in [0.25, 0.3) is 0 Å². The molecular weight excluding hydrogens is 352 g/mol. The number of benzene rings is 1. The zero-order valence-corrected chi connectivity index (χ0v) is 15.5. The van der Waals surface area contributed by atoms with Gasteiger partial charge >= 0.3 is 11.9 Å². The summed E-state index contributed by atoms with van der Waals surface area (Å²) < 4.78 is 9.84. The summed E-state index contributed by atoms with van der Waals surface area (Å²) in [4.78, 5) is 26.3. The lowest BCUT2D eigenvalue weighted by molar-refractivity contribution is -0.146. The second-order valence-corrected chi connectivity index (χ2v) is 6.90. The predicted octanol–water partition coefficient (Wildman–Crippen LogP) is 3.26. The molecule has 0 N–H and O–H groups in total. The van der Waals surface area contributed by atoms with Crippen LogP contribution in [0.2, 0.25) is 0 Å². The van der Waals surface area contributed by atoms with E-state index in [0.29, 0.717) is 17.5 Å². The van der Waals surface area contributed by atoms with E-state index in [4.69, 9.17) is 9.47 Å². The third kappa shape index (κ3) is 4.67. The van der Waals surface area contributed by atoms with Crippen molar-refractivity contribution in [3.63, 3.8) is 0 Å². The molecule has 0 fully saturated rings. The molecule has 6 nitrogen and oxygen atoms in total. The Hall–Kier alpha value is -2.72. The van der Waals surface area contributed by atoms with Gasteiger partial charge in [-0.3, -0.25) is 0 Å². The Balaban J connectivity index is 2.18. The molecule has 0 unspecified atom stereocenters. The van der Waals surface area contributed by atoms with E-state index >= 15 is 0 Å². The molecule has 0 spiro atoms. The van der Waals surface area contributed by atoms with Gasteiger partial charge in [-0.2, -0.15) is 5.26 Å². The number of carbonyl (C=O) groups excluding carboxylic acids is 2. The van der Waals surface area contributed by atoms with Crippen molar-refractivity contribution in [2.24, 2.45) is 5.92 Å². The summed E-state index contributed by atoms with van der Waals surface area (Å²) in [7, 11) is 0. The fourth-order valence-corrected chi connectivity index (χ4v) is 3.51. The van der Waals surface area contributed by atoms with Gasteiger partial charge in [-0.25, -0.2) is 9.59 Å². The Morgan fingerprint density at radius 1 is 1.31 bits per heavy atom. The minimum Gasteiger partial charge on any atom is -0.459 e. The Labute approximate surface area is 157 Å². The lowest BCUT2D eigenvalue weighted by Crippen LogP contribution is -2.26. The molecule has 26 heavy (non-hydrogen) atoms. The van der Waals surface area contributed by atoms with Crippen molar-refractivity contribution in [2.45, 2.75) is 18.7 Å². The van der Waals surface area contributed by atoms with Crippen molar-refractivity contribution in [3.8, 4) is 6.07 Å². The van der Waals surface area contributed by atoms with Crippen molar-refractivity contribution < 1.29 is 19.1 Å². The smallest absolute Gasteiger partial charge is 0.351 e. The van der Waals surface area contributed by atoms with E-state index in [1.54, 1.807) is 0 Å². The highest BCUT2D eigenvalue weighted by atomic mass is 32.2. The maximum Gasteiger partial charge on any atom is 0.351 e. The lowest BCUT2D eigenvalue weighted by Gasteiger charge is -2.23. The number of esters is 2. The first-order valence-corrected chi connectivity index (χ1v) is 8.94. The van der Waals surface area contributed by atoms with E-state index in [2.05, 4.69) is 20.4 Å². The summed E-state index contributed by atoms with van der Waals surface area (Å²) in [5, 5.41) is 10.1. The molecule has 1 heterocycles. The molecule has 0 saturated heterocycles. The number of carbonyl (C=O) groups is 2. The number of thioether (sulfide) groups is 1. The molecule has 1 aliphatic heterocycles. The molecule has 0 atom stereocenters. The normalized spacial score (nSPS) is 14.5. The van der Waals surface area contributed by atoms with Gasteiger partial charge in [-0.15, -0.1) is 0 Å². The SMILES string of the molecule is C=CC(=O)OCCOC(=O)/C(C#N)=C1\Sc2ccccc2N1CC(C)C. The highest BCUT2D eigenvalue weighted by Gasteiger charge is 2.31. The molecular formula is C19H20N2O4S. The Morgan fingerprint density at radius 2 is 2.00 bits per heavy atom. The van der Waals surface area contributed by atoms with Crippen LogP contribution in [-0.4, -0.2) is 31.7 Å². The lowest BCUT2D eigenvalue weighted by atomic mass is 10.2. The first kappa shape index (κ1) is 19.6. The van der Waals surface area contributed by atoms with Crippen LogP contribution in [0.1, 0.15) is 13.8 Å². The number of nitriles is 1. The summed E-state index contributed by atoms with van der Waals surface area (Å²) in [5.74, 6) is -0.984. The van der Waals surface area contributed by atoms with Gasteiger partial charge in [0, 0.05) is 17.5 Å². The molecule has 2 rings (SSSR count). The van der Waals surface area contributed by atoms with Gasteiger partial charge in [-0.1, -0.05) is 44.3 Å². The van der Waals surface area contributed by atoms with Crippen LogP contribution in [0.5, 0.6) is 0 Å². The number of nitrogens with zero attached hydrogens (tertiary/aromatic N) is 2. The van der Waals surface area contributed by atoms with Crippen LogP contribution >= 0.6 is 11.8 Å². The third-order valence-electron chi connectivity index (χ3n) is 3.41. The van der Waals surface area contributed by atoms with Crippen molar-refractivity contribution >= 4 is 29.4 Å². The first-order chi connectivity index (χ1) is 12.5. The molecule has 1 aromatic carbocycles. The van der Waals surface area contributed by atoms with E-state index in [-0.39, 0.29) is 18.8 Å². The standard InChI is InChI=1S/C19H20N2O4S/c1-4-17(22)24-9-10-25-19(23)14(11-20)18-21(12-13(2)3)15-7-5-6-8-16(15)26-18/h4-8,13H,1,9-10,12H2,2-3H3/b18-14-. The zero-order chi connectivity index (χ0) is 19.1. The largest absolute Gasteiger partial charge is 0.459 e. The average molecular weight is 372 g/mol. The van der Waals surface area contributed by atoms with Crippen molar-refractivity contribution in [3.05, 3.63) is 47.5 Å². The highest BCUT2D eigenvalue weighted by molar-refractivity contribution is 8.03. The highest BCUT2D eigenvalue weighted by Crippen LogP contribution is 2.47. The second kappa shape index (κ2) is 9.11. The van der Waals surface area contributed by atoms with Crippen LogP contribution in [0.4, 0.5) is 5.69 Å². The maximum absolute atomic E-state index is 12.4. The number of ether oxygens (including phenoxy) is 2. The number of rotatable bonds is 7. The topological polar surface area (TPSA) is 79.6 Å². The van der Waals surface area contributed by atoms with Crippen molar-refractivity contribution in [1.82, 2.24) is 0 Å². The molecule has 7 heteroatoms. The van der Waals surface area contributed by atoms with Gasteiger partial charge in [0.1, 0.15) is 24.3 Å². The Morgan fingerprint density at radius 3 is 2.65 bits per heavy atom. The fourth-order valence-electron chi connectivity index (χ4n) is 2.36. The predicted molar refractivity (Wildman–Crippen MR) is 99.2 cm³/mol. The summed E-state index contributed by atoms with van der Waals surface area (Å²) in [6.45, 7) is 7.88. The third-order valence-corrected chi connectivity index (χ3v) is 4.60. The van der Waals surface area contributed by atoms with Gasteiger partial charge in [0.15, 0.2) is 5.57 Å². The van der Waals surface area contributed by atoms with Crippen molar-refractivity contribution in [2.75, 3.05) is 24.7 Å². The van der Waals surface area contributed by atoms with Crippen molar-refractivity contribution in [1.29, 1.82) is 5.26 Å². The zero-order valence-electron chi connectivity index (χ0n) is 14.7. The second-order valence-electron chi connectivity index (χ2n) is 5.87. The average Bonchev–Trinajstić information content (AvgIpc) is 2.97. The van der Waals surface area contributed by atoms with E-state index in [1.165, 1.54) is 11.8 Å². The van der Waals surface area contributed by atoms with Crippen LogP contribution in [0, 0.1) is 17.2 Å². The molecule has 0 saturated carbocycles. The number of anilines is 1. The van der Waals surface area contributed by atoms with Gasteiger partial charge in [0.25, 0.3) is 0 Å². The Kier molecular flexibility index (Phi) is 6.87. The summed E-state index contributed by atoms with van der Waals surface area (Å²) in [5.41, 5.74) is 0.920. The number of para-hydroxylation sites is 1. The van der Waals surface area contributed by atoms with Gasteiger partial charge < -0.3 is 14.4 Å². The molecule has 1 aliphatic rings. The van der Waals surface area contributed by atoms with Gasteiger partial charge in [-0.05, 0) is 18.1 Å². The van der Waals surface area contributed by atoms with E-state index < -0.39 is 11.9 Å². The van der Waals surface area contributed by atoms with Crippen LogP contribution in [-0.2, 0) is 19.1 Å². The van der Waals surface area contributed by atoms with Gasteiger partial charge in [0.2, 0.25) is 0 Å². The quantitative estimate of drug-likeness (QED) is 0.314. The fraction of sp³-hybridized carbons (Fsp3) is 0.316. The molecule has 0 radical (unpaired) electrons. The number of hydrogen-bond acceptors (Lipinski definition) is 7. The van der Waals surface area contributed by atoms with E-state index in [1.807, 2.05) is 35.2 Å².